The van der Waals surface area contributed by atoms with E-state index in [4.69, 9.17) is 0 Å². The lowest BCUT2D eigenvalue weighted by Gasteiger charge is -2.29. The summed E-state index contributed by atoms with van der Waals surface area (Å²) in [6.45, 7) is 3.02. The Morgan fingerprint density at radius 2 is 2.45 bits per heavy atom. The van der Waals surface area contributed by atoms with Gasteiger partial charge in [0.1, 0.15) is 0 Å². The van der Waals surface area contributed by atoms with Gasteiger partial charge in [-0.05, 0) is 25.9 Å². The van der Waals surface area contributed by atoms with Crippen molar-refractivity contribution in [1.29, 1.82) is 0 Å². The van der Waals surface area contributed by atoms with Crippen molar-refractivity contribution in [3.63, 3.8) is 0 Å². The zero-order valence-electron chi connectivity index (χ0n) is 6.84. The molecule has 2 fully saturated rings. The SMILES string of the molecule is CN1CC[C@H]2CNC(=O)[C@H]2C1. The Morgan fingerprint density at radius 3 is 3.27 bits per heavy atom. The van der Waals surface area contributed by atoms with E-state index in [2.05, 4.69) is 17.3 Å². The van der Waals surface area contributed by atoms with Gasteiger partial charge in [0.05, 0.1) is 5.92 Å². The van der Waals surface area contributed by atoms with Crippen LogP contribution in [0.15, 0.2) is 0 Å². The third-order valence-corrected chi connectivity index (χ3v) is 2.83. The van der Waals surface area contributed by atoms with E-state index in [1.807, 2.05) is 0 Å². The van der Waals surface area contributed by atoms with Gasteiger partial charge in [0.15, 0.2) is 0 Å². The first-order valence-electron chi connectivity index (χ1n) is 4.23. The second-order valence-corrected chi connectivity index (χ2v) is 3.66. The predicted octanol–water partition coefficient (Wildman–Crippen LogP) is -0.316. The van der Waals surface area contributed by atoms with E-state index in [1.165, 1.54) is 6.42 Å². The molecule has 2 atom stereocenters. The van der Waals surface area contributed by atoms with Gasteiger partial charge in [-0.3, -0.25) is 4.79 Å². The van der Waals surface area contributed by atoms with Crippen LogP contribution in [0.2, 0.25) is 0 Å². The Bertz CT molecular complexity index is 181. The van der Waals surface area contributed by atoms with Crippen LogP contribution in [-0.4, -0.2) is 37.5 Å². The van der Waals surface area contributed by atoms with Crippen molar-refractivity contribution in [2.45, 2.75) is 6.42 Å². The number of piperidine rings is 1. The van der Waals surface area contributed by atoms with Crippen LogP contribution >= 0.6 is 0 Å². The molecule has 0 unspecified atom stereocenters. The highest BCUT2D eigenvalue weighted by Gasteiger charge is 2.37. The summed E-state index contributed by atoms with van der Waals surface area (Å²) >= 11 is 0. The van der Waals surface area contributed by atoms with Crippen LogP contribution < -0.4 is 5.32 Å². The Morgan fingerprint density at radius 1 is 1.64 bits per heavy atom. The molecule has 0 aromatic rings. The quantitative estimate of drug-likeness (QED) is 0.519. The molecule has 0 bridgehead atoms. The lowest BCUT2D eigenvalue weighted by molar-refractivity contribution is -0.124. The second kappa shape index (κ2) is 2.48. The van der Waals surface area contributed by atoms with Gasteiger partial charge in [0, 0.05) is 13.1 Å². The lowest BCUT2D eigenvalue weighted by Crippen LogP contribution is -2.38. The number of hydrogen-bond acceptors (Lipinski definition) is 2. The number of rotatable bonds is 0. The molecule has 3 heteroatoms. The molecule has 11 heavy (non-hydrogen) atoms. The monoisotopic (exact) mass is 154 g/mol. The highest BCUT2D eigenvalue weighted by atomic mass is 16.2. The summed E-state index contributed by atoms with van der Waals surface area (Å²) in [6.07, 6.45) is 1.18. The highest BCUT2D eigenvalue weighted by Crippen LogP contribution is 2.26. The molecule has 0 aromatic carbocycles. The average Bonchev–Trinajstić information content (AvgIpc) is 2.33. The van der Waals surface area contributed by atoms with Gasteiger partial charge in [0.25, 0.3) is 0 Å². The van der Waals surface area contributed by atoms with Crippen LogP contribution in [0.25, 0.3) is 0 Å². The minimum Gasteiger partial charge on any atom is -0.356 e. The van der Waals surface area contributed by atoms with Gasteiger partial charge in [-0.1, -0.05) is 0 Å². The molecule has 0 radical (unpaired) electrons. The standard InChI is InChI=1S/C8H14N2O/c1-10-3-2-6-4-9-8(11)7(6)5-10/h6-7H,2-5H2,1H3,(H,9,11)/t6-,7-/m0/s1. The molecule has 2 saturated heterocycles. The maximum Gasteiger partial charge on any atom is 0.224 e. The van der Waals surface area contributed by atoms with Gasteiger partial charge >= 0.3 is 0 Å². The molecule has 2 aliphatic rings. The summed E-state index contributed by atoms with van der Waals surface area (Å²) in [6, 6.07) is 0. The number of amides is 1. The Balaban J connectivity index is 2.07. The molecule has 1 N–H and O–H groups in total. The smallest absolute Gasteiger partial charge is 0.224 e. The number of nitrogens with one attached hydrogen (secondary N) is 1. The normalized spacial score (nSPS) is 38.5. The van der Waals surface area contributed by atoms with E-state index in [1.54, 1.807) is 0 Å². The zero-order chi connectivity index (χ0) is 7.84. The number of likely N-dealkylation sites (tertiary alicyclic amines) is 1. The molecule has 3 nitrogen and oxygen atoms in total. The van der Waals surface area contributed by atoms with Gasteiger partial charge in [-0.15, -0.1) is 0 Å². The number of nitrogens with zero attached hydrogens (tertiary/aromatic N) is 1. The summed E-state index contributed by atoms with van der Waals surface area (Å²) in [7, 11) is 2.09. The van der Waals surface area contributed by atoms with Crippen molar-refractivity contribution < 1.29 is 4.79 Å². The first kappa shape index (κ1) is 7.10. The van der Waals surface area contributed by atoms with Gasteiger partial charge in [-0.2, -0.15) is 0 Å². The summed E-state index contributed by atoms with van der Waals surface area (Å²) < 4.78 is 0. The van der Waals surface area contributed by atoms with Crippen molar-refractivity contribution in [1.82, 2.24) is 10.2 Å². The molecule has 0 spiro atoms. The fourth-order valence-corrected chi connectivity index (χ4v) is 2.07. The number of fused-ring (bicyclic) bond motifs is 1. The van der Waals surface area contributed by atoms with E-state index in [-0.39, 0.29) is 11.8 Å². The molecular formula is C8H14N2O. The topological polar surface area (TPSA) is 32.3 Å². The Kier molecular flexibility index (Phi) is 1.60. The number of carbonyl (C=O) groups excluding carboxylic acids is 1. The van der Waals surface area contributed by atoms with Crippen molar-refractivity contribution in [2.75, 3.05) is 26.7 Å². The first-order chi connectivity index (χ1) is 5.27. The molecule has 2 aliphatic heterocycles. The summed E-state index contributed by atoms with van der Waals surface area (Å²) in [5.41, 5.74) is 0. The van der Waals surface area contributed by atoms with E-state index < -0.39 is 0 Å². The number of hydrogen-bond donors (Lipinski definition) is 1. The minimum atomic E-state index is 0.265. The van der Waals surface area contributed by atoms with E-state index in [0.717, 1.165) is 19.6 Å². The molecule has 0 aromatic heterocycles. The van der Waals surface area contributed by atoms with Crippen LogP contribution in [-0.2, 0) is 4.79 Å². The van der Waals surface area contributed by atoms with Crippen molar-refractivity contribution in [2.24, 2.45) is 11.8 Å². The van der Waals surface area contributed by atoms with Gasteiger partial charge in [0.2, 0.25) is 5.91 Å². The maximum absolute atomic E-state index is 11.2. The predicted molar refractivity (Wildman–Crippen MR) is 42.1 cm³/mol. The minimum absolute atomic E-state index is 0.265. The summed E-state index contributed by atoms with van der Waals surface area (Å²) in [5, 5.41) is 2.92. The molecule has 0 saturated carbocycles. The van der Waals surface area contributed by atoms with Gasteiger partial charge < -0.3 is 10.2 Å². The second-order valence-electron chi connectivity index (χ2n) is 3.66. The van der Waals surface area contributed by atoms with Crippen molar-refractivity contribution in [3.05, 3.63) is 0 Å². The van der Waals surface area contributed by atoms with E-state index in [9.17, 15) is 4.79 Å². The average molecular weight is 154 g/mol. The van der Waals surface area contributed by atoms with Gasteiger partial charge in [-0.25, -0.2) is 0 Å². The maximum atomic E-state index is 11.2. The molecule has 2 heterocycles. The molecule has 2 rings (SSSR count). The van der Waals surface area contributed by atoms with Crippen LogP contribution in [0.4, 0.5) is 0 Å². The van der Waals surface area contributed by atoms with Crippen LogP contribution in [0.3, 0.4) is 0 Å². The lowest BCUT2D eigenvalue weighted by atomic mass is 9.89. The first-order valence-corrected chi connectivity index (χ1v) is 4.23. The molecule has 0 aliphatic carbocycles. The van der Waals surface area contributed by atoms with Crippen LogP contribution in [0, 0.1) is 11.8 Å². The Hall–Kier alpha value is -0.570. The number of carbonyl (C=O) groups is 1. The molecular weight excluding hydrogens is 140 g/mol. The fourth-order valence-electron chi connectivity index (χ4n) is 2.07. The molecule has 1 amide bonds. The largest absolute Gasteiger partial charge is 0.356 e. The van der Waals surface area contributed by atoms with Crippen LogP contribution in [0.1, 0.15) is 6.42 Å². The molecule has 62 valence electrons. The van der Waals surface area contributed by atoms with Crippen molar-refractivity contribution >= 4 is 5.91 Å². The van der Waals surface area contributed by atoms with E-state index >= 15 is 0 Å². The Labute approximate surface area is 66.8 Å². The highest BCUT2D eigenvalue weighted by molar-refractivity contribution is 5.81. The van der Waals surface area contributed by atoms with Crippen molar-refractivity contribution in [3.8, 4) is 0 Å². The summed E-state index contributed by atoms with van der Waals surface area (Å²) in [4.78, 5) is 13.5. The van der Waals surface area contributed by atoms with E-state index in [0.29, 0.717) is 5.92 Å². The third-order valence-electron chi connectivity index (χ3n) is 2.83. The fraction of sp³-hybridized carbons (Fsp3) is 0.875. The summed E-state index contributed by atoms with van der Waals surface area (Å²) in [5.74, 6) is 1.17. The van der Waals surface area contributed by atoms with Crippen LogP contribution in [0.5, 0.6) is 0 Å². The zero-order valence-corrected chi connectivity index (χ0v) is 6.84. The third kappa shape index (κ3) is 1.13.